The lowest BCUT2D eigenvalue weighted by atomic mass is 9.95. The van der Waals surface area contributed by atoms with Crippen molar-refractivity contribution in [2.24, 2.45) is 5.73 Å². The molecule has 1 unspecified atom stereocenters. The molecule has 0 aliphatic heterocycles. The second-order valence-electron chi connectivity index (χ2n) is 4.75. The highest BCUT2D eigenvalue weighted by atomic mass is 35.5. The minimum atomic E-state index is -0.425. The molecule has 0 amide bonds. The van der Waals surface area contributed by atoms with Gasteiger partial charge in [0.15, 0.2) is 0 Å². The Morgan fingerprint density at radius 2 is 2.12 bits per heavy atom. The van der Waals surface area contributed by atoms with Crippen molar-refractivity contribution in [3.05, 3.63) is 34.6 Å². The lowest BCUT2D eigenvalue weighted by Gasteiger charge is -2.25. The summed E-state index contributed by atoms with van der Waals surface area (Å²) < 4.78 is 18.6. The van der Waals surface area contributed by atoms with Gasteiger partial charge in [0.2, 0.25) is 0 Å². The monoisotopic (exact) mass is 259 g/mol. The van der Waals surface area contributed by atoms with Crippen LogP contribution in [0.4, 0.5) is 4.39 Å². The first-order chi connectivity index (χ1) is 7.87. The molecule has 4 heteroatoms. The predicted molar refractivity (Wildman–Crippen MR) is 68.7 cm³/mol. The zero-order chi connectivity index (χ0) is 13.1. The molecule has 2 nitrogen and oxygen atoms in total. The van der Waals surface area contributed by atoms with Crippen molar-refractivity contribution >= 4 is 11.6 Å². The third-order valence-corrected chi connectivity index (χ3v) is 3.39. The van der Waals surface area contributed by atoms with E-state index in [4.69, 9.17) is 22.1 Å². The molecular formula is C13H19ClFNO. The second kappa shape index (κ2) is 5.80. The van der Waals surface area contributed by atoms with Gasteiger partial charge in [0, 0.05) is 13.2 Å². The molecular weight excluding hydrogens is 241 g/mol. The largest absolute Gasteiger partial charge is 0.379 e. The van der Waals surface area contributed by atoms with Crippen molar-refractivity contribution in [2.75, 3.05) is 7.11 Å². The molecule has 0 saturated heterocycles. The third-order valence-electron chi connectivity index (χ3n) is 2.99. The summed E-state index contributed by atoms with van der Waals surface area (Å²) in [5.74, 6) is -0.425. The molecule has 0 aliphatic rings. The van der Waals surface area contributed by atoms with E-state index in [9.17, 15) is 4.39 Å². The first-order valence-corrected chi connectivity index (χ1v) is 6.00. The highest BCUT2D eigenvalue weighted by molar-refractivity contribution is 6.31. The first kappa shape index (κ1) is 14.4. The Morgan fingerprint density at radius 3 is 2.71 bits per heavy atom. The standard InChI is InChI=1S/C13H19ClFNO/c1-13(2,17-3)8-7-11(16)9-5-4-6-10(15)12(9)14/h4-6,11H,7-8,16H2,1-3H3. The van der Waals surface area contributed by atoms with Gasteiger partial charge < -0.3 is 10.5 Å². The minimum absolute atomic E-state index is 0.121. The van der Waals surface area contributed by atoms with Crippen molar-refractivity contribution in [3.63, 3.8) is 0 Å². The van der Waals surface area contributed by atoms with E-state index >= 15 is 0 Å². The fraction of sp³-hybridized carbons (Fsp3) is 0.538. The van der Waals surface area contributed by atoms with Gasteiger partial charge in [0.1, 0.15) is 5.82 Å². The van der Waals surface area contributed by atoms with Crippen LogP contribution in [-0.2, 0) is 4.74 Å². The third kappa shape index (κ3) is 3.95. The van der Waals surface area contributed by atoms with E-state index in [-0.39, 0.29) is 16.7 Å². The number of hydrogen-bond donors (Lipinski definition) is 1. The normalized spacial score (nSPS) is 13.8. The zero-order valence-corrected chi connectivity index (χ0v) is 11.2. The van der Waals surface area contributed by atoms with Gasteiger partial charge in [-0.3, -0.25) is 0 Å². The van der Waals surface area contributed by atoms with Gasteiger partial charge in [0.05, 0.1) is 10.6 Å². The minimum Gasteiger partial charge on any atom is -0.379 e. The summed E-state index contributed by atoms with van der Waals surface area (Å²) >= 11 is 5.89. The summed E-state index contributed by atoms with van der Waals surface area (Å²) in [5.41, 5.74) is 6.45. The highest BCUT2D eigenvalue weighted by Gasteiger charge is 2.20. The fourth-order valence-corrected chi connectivity index (χ4v) is 1.83. The van der Waals surface area contributed by atoms with Crippen LogP contribution in [0.15, 0.2) is 18.2 Å². The molecule has 17 heavy (non-hydrogen) atoms. The average molecular weight is 260 g/mol. The van der Waals surface area contributed by atoms with Gasteiger partial charge in [-0.25, -0.2) is 4.39 Å². The number of methoxy groups -OCH3 is 1. The summed E-state index contributed by atoms with van der Waals surface area (Å²) in [6, 6.07) is 4.44. The molecule has 1 rings (SSSR count). The number of rotatable bonds is 5. The lowest BCUT2D eigenvalue weighted by molar-refractivity contribution is 0.0125. The Labute approximate surface area is 107 Å². The van der Waals surface area contributed by atoms with Crippen LogP contribution in [0.1, 0.15) is 38.3 Å². The van der Waals surface area contributed by atoms with E-state index < -0.39 is 5.82 Å². The summed E-state index contributed by atoms with van der Waals surface area (Å²) in [7, 11) is 1.67. The predicted octanol–water partition coefficient (Wildman–Crippen LogP) is 3.68. The summed E-state index contributed by atoms with van der Waals surface area (Å²) in [5, 5.41) is 0.121. The maximum Gasteiger partial charge on any atom is 0.142 e. The maximum atomic E-state index is 13.3. The van der Waals surface area contributed by atoms with Crippen LogP contribution in [0.2, 0.25) is 5.02 Å². The number of benzene rings is 1. The molecule has 1 aromatic carbocycles. The Bertz CT molecular complexity index is 382. The van der Waals surface area contributed by atoms with Crippen LogP contribution in [0.5, 0.6) is 0 Å². The van der Waals surface area contributed by atoms with Gasteiger partial charge in [-0.15, -0.1) is 0 Å². The molecule has 1 atom stereocenters. The van der Waals surface area contributed by atoms with Gasteiger partial charge in [-0.1, -0.05) is 23.7 Å². The molecule has 0 bridgehead atoms. The summed E-state index contributed by atoms with van der Waals surface area (Å²) in [6.45, 7) is 3.99. The summed E-state index contributed by atoms with van der Waals surface area (Å²) in [6.07, 6.45) is 1.49. The summed E-state index contributed by atoms with van der Waals surface area (Å²) in [4.78, 5) is 0. The van der Waals surface area contributed by atoms with E-state index in [2.05, 4.69) is 0 Å². The molecule has 0 saturated carbocycles. The van der Waals surface area contributed by atoms with E-state index in [0.29, 0.717) is 12.0 Å². The van der Waals surface area contributed by atoms with Crippen LogP contribution in [0.3, 0.4) is 0 Å². The second-order valence-corrected chi connectivity index (χ2v) is 5.13. The molecule has 96 valence electrons. The quantitative estimate of drug-likeness (QED) is 0.875. The first-order valence-electron chi connectivity index (χ1n) is 5.62. The van der Waals surface area contributed by atoms with Crippen LogP contribution >= 0.6 is 11.6 Å². The van der Waals surface area contributed by atoms with Crippen molar-refractivity contribution in [1.29, 1.82) is 0 Å². The topological polar surface area (TPSA) is 35.2 Å². The van der Waals surface area contributed by atoms with Crippen LogP contribution in [0, 0.1) is 5.82 Å². The smallest absolute Gasteiger partial charge is 0.142 e. The SMILES string of the molecule is COC(C)(C)CCC(N)c1cccc(F)c1Cl. The van der Waals surface area contributed by atoms with Crippen LogP contribution < -0.4 is 5.73 Å². The van der Waals surface area contributed by atoms with Gasteiger partial charge in [-0.05, 0) is 38.3 Å². The Hall–Kier alpha value is -0.640. The van der Waals surface area contributed by atoms with Gasteiger partial charge in [-0.2, -0.15) is 0 Å². The van der Waals surface area contributed by atoms with Crippen molar-refractivity contribution in [2.45, 2.75) is 38.3 Å². The number of hydrogen-bond acceptors (Lipinski definition) is 2. The van der Waals surface area contributed by atoms with Crippen LogP contribution in [0.25, 0.3) is 0 Å². The van der Waals surface area contributed by atoms with Crippen LogP contribution in [-0.4, -0.2) is 12.7 Å². The average Bonchev–Trinajstić information content (AvgIpc) is 2.30. The molecule has 0 aliphatic carbocycles. The molecule has 0 aromatic heterocycles. The van der Waals surface area contributed by atoms with E-state index in [0.717, 1.165) is 6.42 Å². The molecule has 0 fully saturated rings. The van der Waals surface area contributed by atoms with Crippen molar-refractivity contribution in [3.8, 4) is 0 Å². The van der Waals surface area contributed by atoms with E-state index in [1.54, 1.807) is 19.2 Å². The number of ether oxygens (including phenoxy) is 1. The van der Waals surface area contributed by atoms with Gasteiger partial charge in [0.25, 0.3) is 0 Å². The Balaban J connectivity index is 2.71. The van der Waals surface area contributed by atoms with Gasteiger partial charge >= 0.3 is 0 Å². The van der Waals surface area contributed by atoms with E-state index in [1.807, 2.05) is 13.8 Å². The maximum absolute atomic E-state index is 13.3. The molecule has 0 radical (unpaired) electrons. The Morgan fingerprint density at radius 1 is 1.47 bits per heavy atom. The van der Waals surface area contributed by atoms with Crippen molar-refractivity contribution in [1.82, 2.24) is 0 Å². The zero-order valence-electron chi connectivity index (χ0n) is 10.5. The Kier molecular flexibility index (Phi) is 4.92. The molecule has 0 heterocycles. The number of nitrogens with two attached hydrogens (primary N) is 1. The lowest BCUT2D eigenvalue weighted by Crippen LogP contribution is -2.24. The fourth-order valence-electron chi connectivity index (χ4n) is 1.57. The van der Waals surface area contributed by atoms with Crippen molar-refractivity contribution < 1.29 is 9.13 Å². The number of halogens is 2. The highest BCUT2D eigenvalue weighted by Crippen LogP contribution is 2.28. The molecule has 0 spiro atoms. The van der Waals surface area contributed by atoms with E-state index in [1.165, 1.54) is 6.07 Å². The molecule has 1 aromatic rings. The molecule has 2 N–H and O–H groups in total.